The third-order valence-corrected chi connectivity index (χ3v) is 3.93. The van der Waals surface area contributed by atoms with Gasteiger partial charge in [0, 0.05) is 19.1 Å². The Labute approximate surface area is 136 Å². The molecule has 2 aromatic rings. The Morgan fingerprint density at radius 1 is 1.46 bits per heavy atom. The molecule has 0 aliphatic carbocycles. The van der Waals surface area contributed by atoms with Crippen molar-refractivity contribution < 1.29 is 23.0 Å². The summed E-state index contributed by atoms with van der Waals surface area (Å²) in [4.78, 5) is 16.3. The highest BCUT2D eigenvalue weighted by molar-refractivity contribution is 5.97. The predicted molar refractivity (Wildman–Crippen MR) is 78.4 cm³/mol. The van der Waals surface area contributed by atoms with E-state index in [2.05, 4.69) is 20.5 Å². The molecule has 0 saturated carbocycles. The molecule has 1 aromatic carbocycles. The summed E-state index contributed by atoms with van der Waals surface area (Å²) in [5.41, 5.74) is -0.451. The molecule has 1 aromatic heterocycles. The van der Waals surface area contributed by atoms with Crippen molar-refractivity contribution in [1.82, 2.24) is 20.5 Å². The first-order valence-corrected chi connectivity index (χ1v) is 7.39. The van der Waals surface area contributed by atoms with Crippen LogP contribution < -0.4 is 10.1 Å². The minimum absolute atomic E-state index is 0.0514. The van der Waals surface area contributed by atoms with Gasteiger partial charge in [-0.25, -0.2) is 13.8 Å². The lowest BCUT2D eigenvalue weighted by atomic mass is 10.0. The fourth-order valence-corrected chi connectivity index (χ4v) is 2.75. The van der Waals surface area contributed by atoms with E-state index >= 15 is 0 Å². The molecule has 9 heteroatoms. The SMILES string of the molecule is COc1c(F)ccc(F)c1C(=O)NC[C@@H]1CCO[C@@H]1c1ncn[nH]1. The molecule has 1 fully saturated rings. The number of aromatic amines is 1. The summed E-state index contributed by atoms with van der Waals surface area (Å²) in [6.07, 6.45) is 1.75. The van der Waals surface area contributed by atoms with E-state index in [1.165, 1.54) is 13.4 Å². The van der Waals surface area contributed by atoms with Crippen molar-refractivity contribution in [2.75, 3.05) is 20.3 Å². The lowest BCUT2D eigenvalue weighted by Gasteiger charge is -2.17. The second-order valence-corrected chi connectivity index (χ2v) is 5.36. The number of benzene rings is 1. The van der Waals surface area contributed by atoms with E-state index in [9.17, 15) is 13.6 Å². The van der Waals surface area contributed by atoms with Gasteiger partial charge in [-0.3, -0.25) is 9.89 Å². The number of hydrogen-bond donors (Lipinski definition) is 2. The van der Waals surface area contributed by atoms with Crippen molar-refractivity contribution in [3.8, 4) is 5.75 Å². The lowest BCUT2D eigenvalue weighted by molar-refractivity contribution is 0.0796. The molecule has 2 N–H and O–H groups in total. The molecule has 0 unspecified atom stereocenters. The third-order valence-electron chi connectivity index (χ3n) is 3.93. The van der Waals surface area contributed by atoms with Crippen molar-refractivity contribution >= 4 is 5.91 Å². The number of hydrogen-bond acceptors (Lipinski definition) is 5. The molecule has 2 atom stereocenters. The van der Waals surface area contributed by atoms with Crippen LogP contribution in [0.3, 0.4) is 0 Å². The molecule has 1 saturated heterocycles. The van der Waals surface area contributed by atoms with Crippen LogP contribution in [0, 0.1) is 17.6 Å². The van der Waals surface area contributed by atoms with Crippen molar-refractivity contribution in [3.05, 3.63) is 41.5 Å². The molecular weight excluding hydrogens is 322 g/mol. The number of rotatable bonds is 5. The molecule has 0 radical (unpaired) electrons. The van der Waals surface area contributed by atoms with Gasteiger partial charge < -0.3 is 14.8 Å². The highest BCUT2D eigenvalue weighted by atomic mass is 19.1. The van der Waals surface area contributed by atoms with Crippen LogP contribution in [0.5, 0.6) is 5.75 Å². The zero-order valence-electron chi connectivity index (χ0n) is 12.9. The van der Waals surface area contributed by atoms with Gasteiger partial charge in [0.25, 0.3) is 5.91 Å². The zero-order chi connectivity index (χ0) is 17.1. The molecule has 128 valence electrons. The minimum atomic E-state index is -0.847. The number of carbonyl (C=O) groups is 1. The molecule has 2 heterocycles. The first-order chi connectivity index (χ1) is 11.6. The summed E-state index contributed by atoms with van der Waals surface area (Å²) in [7, 11) is 1.18. The van der Waals surface area contributed by atoms with Crippen LogP contribution in [0.15, 0.2) is 18.5 Å². The van der Waals surface area contributed by atoms with Crippen molar-refractivity contribution in [2.45, 2.75) is 12.5 Å². The first-order valence-electron chi connectivity index (χ1n) is 7.39. The maximum atomic E-state index is 13.9. The van der Waals surface area contributed by atoms with Crippen LogP contribution in [-0.2, 0) is 4.74 Å². The minimum Gasteiger partial charge on any atom is -0.493 e. The molecule has 3 rings (SSSR count). The molecule has 0 bridgehead atoms. The topological polar surface area (TPSA) is 89.1 Å². The predicted octanol–water partition coefficient (Wildman–Crippen LogP) is 1.60. The Morgan fingerprint density at radius 3 is 2.96 bits per heavy atom. The van der Waals surface area contributed by atoms with Gasteiger partial charge in [-0.15, -0.1) is 0 Å². The van der Waals surface area contributed by atoms with Gasteiger partial charge in [-0.05, 0) is 18.6 Å². The number of aromatic nitrogens is 3. The molecule has 7 nitrogen and oxygen atoms in total. The summed E-state index contributed by atoms with van der Waals surface area (Å²) in [6.45, 7) is 0.743. The normalized spacial score (nSPS) is 20.1. The van der Waals surface area contributed by atoms with E-state index in [0.717, 1.165) is 12.1 Å². The fraction of sp³-hybridized carbons (Fsp3) is 0.400. The van der Waals surface area contributed by atoms with Gasteiger partial charge in [0.05, 0.1) is 7.11 Å². The first kappa shape index (κ1) is 16.3. The van der Waals surface area contributed by atoms with Gasteiger partial charge in [0.15, 0.2) is 17.4 Å². The van der Waals surface area contributed by atoms with Gasteiger partial charge in [0.1, 0.15) is 23.8 Å². The maximum Gasteiger partial charge on any atom is 0.258 e. The second-order valence-electron chi connectivity index (χ2n) is 5.36. The van der Waals surface area contributed by atoms with Crippen LogP contribution in [0.4, 0.5) is 8.78 Å². The van der Waals surface area contributed by atoms with Crippen molar-refractivity contribution in [3.63, 3.8) is 0 Å². The fourth-order valence-electron chi connectivity index (χ4n) is 2.75. The Kier molecular flexibility index (Phi) is 4.70. The van der Waals surface area contributed by atoms with Gasteiger partial charge in [0.2, 0.25) is 0 Å². The molecule has 24 heavy (non-hydrogen) atoms. The molecule has 1 aliphatic rings. The number of methoxy groups -OCH3 is 1. The maximum absolute atomic E-state index is 13.9. The second kappa shape index (κ2) is 6.91. The van der Waals surface area contributed by atoms with Crippen LogP contribution >= 0.6 is 0 Å². The molecule has 1 amide bonds. The van der Waals surface area contributed by atoms with E-state index in [0.29, 0.717) is 18.9 Å². The smallest absolute Gasteiger partial charge is 0.258 e. The van der Waals surface area contributed by atoms with Gasteiger partial charge >= 0.3 is 0 Å². The average molecular weight is 338 g/mol. The van der Waals surface area contributed by atoms with E-state index in [1.54, 1.807) is 0 Å². The van der Waals surface area contributed by atoms with Crippen LogP contribution in [-0.4, -0.2) is 41.3 Å². The number of nitrogens with zero attached hydrogens (tertiary/aromatic N) is 2. The lowest BCUT2D eigenvalue weighted by Crippen LogP contribution is -2.31. The Morgan fingerprint density at radius 2 is 2.25 bits per heavy atom. The Hall–Kier alpha value is -2.55. The van der Waals surface area contributed by atoms with E-state index < -0.39 is 28.9 Å². The quantitative estimate of drug-likeness (QED) is 0.864. The molecule has 1 aliphatic heterocycles. The number of halogens is 2. The van der Waals surface area contributed by atoms with Gasteiger partial charge in [-0.2, -0.15) is 5.10 Å². The van der Waals surface area contributed by atoms with Crippen LogP contribution in [0.25, 0.3) is 0 Å². The average Bonchev–Trinajstić information content (AvgIpc) is 3.25. The van der Waals surface area contributed by atoms with Crippen LogP contribution in [0.2, 0.25) is 0 Å². The summed E-state index contributed by atoms with van der Waals surface area (Å²) < 4.78 is 38.0. The number of H-pyrrole nitrogens is 1. The van der Waals surface area contributed by atoms with Gasteiger partial charge in [-0.1, -0.05) is 0 Å². The number of ether oxygens (including phenoxy) is 2. The number of nitrogens with one attached hydrogen (secondary N) is 2. The number of carbonyl (C=O) groups excluding carboxylic acids is 1. The van der Waals surface area contributed by atoms with E-state index in [-0.39, 0.29) is 18.6 Å². The van der Waals surface area contributed by atoms with E-state index in [1.807, 2.05) is 0 Å². The highest BCUT2D eigenvalue weighted by Gasteiger charge is 2.32. The molecular formula is C15H16F2N4O3. The zero-order valence-corrected chi connectivity index (χ0v) is 12.9. The number of amides is 1. The summed E-state index contributed by atoms with van der Waals surface area (Å²) in [6, 6.07) is 1.80. The summed E-state index contributed by atoms with van der Waals surface area (Å²) in [5.74, 6) is -2.28. The van der Waals surface area contributed by atoms with Crippen LogP contribution in [0.1, 0.15) is 28.7 Å². The monoisotopic (exact) mass is 338 g/mol. The van der Waals surface area contributed by atoms with Crippen molar-refractivity contribution in [1.29, 1.82) is 0 Å². The molecule has 0 spiro atoms. The van der Waals surface area contributed by atoms with Crippen molar-refractivity contribution in [2.24, 2.45) is 5.92 Å². The highest BCUT2D eigenvalue weighted by Crippen LogP contribution is 2.32. The Bertz CT molecular complexity index is 724. The summed E-state index contributed by atoms with van der Waals surface area (Å²) >= 11 is 0. The standard InChI is InChI=1S/C15H16F2N4O3/c1-23-13-10(17)3-2-9(16)11(13)15(22)18-6-8-4-5-24-12(8)14-19-7-20-21-14/h2-3,7-8,12H,4-6H2,1H3,(H,18,22)(H,19,20,21)/t8-,12-/m0/s1. The van der Waals surface area contributed by atoms with E-state index in [4.69, 9.17) is 9.47 Å². The summed E-state index contributed by atoms with van der Waals surface area (Å²) in [5, 5.41) is 9.12. The Balaban J connectivity index is 1.71. The third kappa shape index (κ3) is 3.07. The largest absolute Gasteiger partial charge is 0.493 e.